The van der Waals surface area contributed by atoms with Gasteiger partial charge < -0.3 is 10.6 Å². The zero-order valence-electron chi connectivity index (χ0n) is 16.3. The molecule has 0 aliphatic heterocycles. The maximum Gasteiger partial charge on any atom is 0.274 e. The number of anilines is 2. The second-order valence-electron chi connectivity index (χ2n) is 6.48. The first-order valence-electron chi connectivity index (χ1n) is 9.47. The first-order valence-corrected chi connectivity index (χ1v) is 9.47. The molecule has 0 unspecified atom stereocenters. The van der Waals surface area contributed by atoms with E-state index < -0.39 is 17.6 Å². The number of aryl methyl sites for hydroxylation is 2. The van der Waals surface area contributed by atoms with Gasteiger partial charge in [0.2, 0.25) is 0 Å². The monoisotopic (exact) mass is 391 g/mol. The number of hydrogen-bond acceptors (Lipinski definition) is 3. The van der Waals surface area contributed by atoms with Gasteiger partial charge in [0.05, 0.1) is 5.69 Å². The predicted molar refractivity (Wildman–Crippen MR) is 112 cm³/mol. The third kappa shape index (κ3) is 4.66. The average molecular weight is 391 g/mol. The number of para-hydroxylation sites is 2. The fourth-order valence-electron chi connectivity index (χ4n) is 3.03. The number of aromatic nitrogens is 1. The van der Waals surface area contributed by atoms with Crippen molar-refractivity contribution in [1.82, 2.24) is 4.98 Å². The fraction of sp³-hybridized carbons (Fsp3) is 0.174. The van der Waals surface area contributed by atoms with Gasteiger partial charge in [0.1, 0.15) is 11.5 Å². The molecule has 5 nitrogen and oxygen atoms in total. The Bertz CT molecular complexity index is 1030. The molecule has 148 valence electrons. The van der Waals surface area contributed by atoms with E-state index in [9.17, 15) is 14.0 Å². The van der Waals surface area contributed by atoms with Gasteiger partial charge in [-0.05, 0) is 48.2 Å². The fourth-order valence-corrected chi connectivity index (χ4v) is 3.03. The molecule has 0 bridgehead atoms. The van der Waals surface area contributed by atoms with Gasteiger partial charge in [-0.25, -0.2) is 4.39 Å². The number of nitrogens with one attached hydrogen (secondary N) is 2. The third-order valence-corrected chi connectivity index (χ3v) is 4.61. The second kappa shape index (κ2) is 9.10. The summed E-state index contributed by atoms with van der Waals surface area (Å²) in [6, 6.07) is 14.7. The maximum absolute atomic E-state index is 13.8. The summed E-state index contributed by atoms with van der Waals surface area (Å²) in [6.07, 6.45) is 2.95. The number of nitrogens with zero attached hydrogens (tertiary/aromatic N) is 1. The summed E-state index contributed by atoms with van der Waals surface area (Å²) in [5.74, 6) is -1.45. The molecule has 0 aliphatic carbocycles. The van der Waals surface area contributed by atoms with Gasteiger partial charge in [0.15, 0.2) is 0 Å². The summed E-state index contributed by atoms with van der Waals surface area (Å²) in [5, 5.41) is 5.43. The van der Waals surface area contributed by atoms with Crippen LogP contribution in [0, 0.1) is 5.82 Å². The normalized spacial score (nSPS) is 10.4. The van der Waals surface area contributed by atoms with E-state index >= 15 is 0 Å². The lowest BCUT2D eigenvalue weighted by molar-refractivity contribution is 0.102. The van der Waals surface area contributed by atoms with Gasteiger partial charge in [0.25, 0.3) is 11.8 Å². The van der Waals surface area contributed by atoms with Crippen molar-refractivity contribution < 1.29 is 14.0 Å². The summed E-state index contributed by atoms with van der Waals surface area (Å²) in [5.41, 5.74) is 3.25. The van der Waals surface area contributed by atoms with Gasteiger partial charge in [0, 0.05) is 17.4 Å². The van der Waals surface area contributed by atoms with Crippen molar-refractivity contribution in [3.05, 3.63) is 89.0 Å². The Balaban J connectivity index is 1.82. The number of benzene rings is 2. The molecule has 2 amide bonds. The Kier molecular flexibility index (Phi) is 6.34. The van der Waals surface area contributed by atoms with Gasteiger partial charge in [-0.15, -0.1) is 0 Å². The Labute approximate surface area is 169 Å². The zero-order valence-corrected chi connectivity index (χ0v) is 16.3. The Morgan fingerprint density at radius 2 is 1.59 bits per heavy atom. The van der Waals surface area contributed by atoms with Gasteiger partial charge in [-0.2, -0.15) is 0 Å². The topological polar surface area (TPSA) is 71.1 Å². The molecule has 2 N–H and O–H groups in total. The van der Waals surface area contributed by atoms with E-state index in [1.165, 1.54) is 30.5 Å². The highest BCUT2D eigenvalue weighted by atomic mass is 19.1. The molecule has 29 heavy (non-hydrogen) atoms. The number of pyridine rings is 1. The van der Waals surface area contributed by atoms with Crippen LogP contribution in [0.2, 0.25) is 0 Å². The lowest BCUT2D eigenvalue weighted by atomic mass is 10.0. The average Bonchev–Trinajstić information content (AvgIpc) is 2.75. The summed E-state index contributed by atoms with van der Waals surface area (Å²) in [7, 11) is 0. The van der Waals surface area contributed by atoms with E-state index in [1.54, 1.807) is 12.1 Å². The van der Waals surface area contributed by atoms with Crippen LogP contribution in [-0.4, -0.2) is 16.8 Å². The molecule has 2 aromatic carbocycles. The molecule has 0 saturated carbocycles. The van der Waals surface area contributed by atoms with E-state index in [-0.39, 0.29) is 16.9 Å². The number of rotatable bonds is 6. The molecule has 0 spiro atoms. The van der Waals surface area contributed by atoms with Crippen molar-refractivity contribution in [2.75, 3.05) is 10.6 Å². The Morgan fingerprint density at radius 3 is 2.24 bits per heavy atom. The van der Waals surface area contributed by atoms with Crippen LogP contribution in [0.3, 0.4) is 0 Å². The molecule has 1 aromatic heterocycles. The lowest BCUT2D eigenvalue weighted by Crippen LogP contribution is -2.18. The van der Waals surface area contributed by atoms with Gasteiger partial charge in [-0.1, -0.05) is 44.2 Å². The highest BCUT2D eigenvalue weighted by molar-refractivity contribution is 6.08. The number of carbonyl (C=O) groups excluding carboxylic acids is 2. The van der Waals surface area contributed by atoms with Crippen LogP contribution in [0.15, 0.2) is 60.8 Å². The minimum absolute atomic E-state index is 0.0739. The van der Waals surface area contributed by atoms with Crippen LogP contribution in [0.5, 0.6) is 0 Å². The second-order valence-corrected chi connectivity index (χ2v) is 6.48. The number of carbonyl (C=O) groups is 2. The summed E-state index contributed by atoms with van der Waals surface area (Å²) in [4.78, 5) is 29.3. The van der Waals surface area contributed by atoms with Gasteiger partial charge >= 0.3 is 0 Å². The molecular weight excluding hydrogens is 369 g/mol. The van der Waals surface area contributed by atoms with Crippen LogP contribution in [0.1, 0.15) is 45.8 Å². The molecule has 0 aliphatic rings. The van der Waals surface area contributed by atoms with Crippen molar-refractivity contribution in [1.29, 1.82) is 0 Å². The number of halogens is 1. The summed E-state index contributed by atoms with van der Waals surface area (Å²) >= 11 is 0. The van der Waals surface area contributed by atoms with Crippen LogP contribution >= 0.6 is 0 Å². The third-order valence-electron chi connectivity index (χ3n) is 4.61. The van der Waals surface area contributed by atoms with Gasteiger partial charge in [-0.3, -0.25) is 14.6 Å². The minimum Gasteiger partial charge on any atom is -0.320 e. The van der Waals surface area contributed by atoms with E-state index in [2.05, 4.69) is 15.6 Å². The van der Waals surface area contributed by atoms with Crippen LogP contribution in [-0.2, 0) is 12.8 Å². The Hall–Kier alpha value is -3.54. The largest absolute Gasteiger partial charge is 0.320 e. The SMILES string of the molecule is CCc1cccc(CC)c1NC(=O)c1cc(C(=O)Nc2ccccc2F)ccn1. The quantitative estimate of drug-likeness (QED) is 0.631. The first kappa shape index (κ1) is 20.2. The van der Waals surface area contributed by atoms with E-state index in [0.29, 0.717) is 0 Å². The van der Waals surface area contributed by atoms with E-state index in [0.717, 1.165) is 29.7 Å². The molecule has 0 fully saturated rings. The molecule has 0 radical (unpaired) electrons. The zero-order chi connectivity index (χ0) is 20.8. The Morgan fingerprint density at radius 1 is 0.897 bits per heavy atom. The van der Waals surface area contributed by atoms with Crippen molar-refractivity contribution in [3.8, 4) is 0 Å². The first-order chi connectivity index (χ1) is 14.0. The smallest absolute Gasteiger partial charge is 0.274 e. The molecule has 0 saturated heterocycles. The minimum atomic E-state index is -0.531. The molecular formula is C23H22FN3O2. The lowest BCUT2D eigenvalue weighted by Gasteiger charge is -2.14. The molecule has 3 rings (SSSR count). The molecule has 6 heteroatoms. The van der Waals surface area contributed by atoms with Crippen LogP contribution in [0.4, 0.5) is 15.8 Å². The van der Waals surface area contributed by atoms with Crippen molar-refractivity contribution in [3.63, 3.8) is 0 Å². The van der Waals surface area contributed by atoms with Crippen molar-refractivity contribution in [2.45, 2.75) is 26.7 Å². The summed E-state index contributed by atoms with van der Waals surface area (Å²) in [6.45, 7) is 4.05. The number of amides is 2. The molecule has 1 heterocycles. The maximum atomic E-state index is 13.8. The summed E-state index contributed by atoms with van der Waals surface area (Å²) < 4.78 is 13.8. The highest BCUT2D eigenvalue weighted by Gasteiger charge is 2.16. The van der Waals surface area contributed by atoms with E-state index in [1.807, 2.05) is 32.0 Å². The van der Waals surface area contributed by atoms with Crippen molar-refractivity contribution in [2.24, 2.45) is 0 Å². The van der Waals surface area contributed by atoms with Crippen molar-refractivity contribution >= 4 is 23.2 Å². The van der Waals surface area contributed by atoms with Crippen LogP contribution < -0.4 is 10.6 Å². The van der Waals surface area contributed by atoms with Crippen LogP contribution in [0.25, 0.3) is 0 Å². The highest BCUT2D eigenvalue weighted by Crippen LogP contribution is 2.23. The predicted octanol–water partition coefficient (Wildman–Crippen LogP) is 4.85. The van der Waals surface area contributed by atoms with E-state index in [4.69, 9.17) is 0 Å². The number of hydrogen-bond donors (Lipinski definition) is 2. The molecule has 0 atom stereocenters. The standard InChI is InChI=1S/C23H22FN3O2/c1-3-15-8-7-9-16(4-2)21(15)27-23(29)20-14-17(12-13-25-20)22(28)26-19-11-6-5-10-18(19)24/h5-14H,3-4H2,1-2H3,(H,26,28)(H,27,29). The molecule has 3 aromatic rings.